The molecule has 0 saturated carbocycles. The molecule has 1 heterocycles. The first kappa shape index (κ1) is 12.6. The molecule has 0 fully saturated rings. The first-order valence-electron chi connectivity index (χ1n) is 6.12. The molecule has 0 saturated heterocycles. The zero-order valence-corrected chi connectivity index (χ0v) is 10.9. The number of pyridine rings is 1. The molecule has 94 valence electrons. The molecule has 0 aliphatic rings. The highest BCUT2D eigenvalue weighted by Gasteiger charge is 2.03. The maximum atomic E-state index is 5.60. The Morgan fingerprint density at radius 3 is 2.56 bits per heavy atom. The highest BCUT2D eigenvalue weighted by Crippen LogP contribution is 2.16. The van der Waals surface area contributed by atoms with Gasteiger partial charge in [-0.1, -0.05) is 18.2 Å². The Hall–Kier alpha value is -1.87. The van der Waals surface area contributed by atoms with E-state index in [4.69, 9.17) is 5.73 Å². The minimum absolute atomic E-state index is 0.488. The third-order valence-corrected chi connectivity index (χ3v) is 2.92. The lowest BCUT2D eigenvalue weighted by molar-refractivity contribution is 0.858. The van der Waals surface area contributed by atoms with Crippen molar-refractivity contribution >= 4 is 5.69 Å². The number of rotatable bonds is 4. The molecule has 3 heteroatoms. The second-order valence-corrected chi connectivity index (χ2v) is 4.52. The van der Waals surface area contributed by atoms with E-state index in [-0.39, 0.29) is 0 Å². The van der Waals surface area contributed by atoms with Crippen molar-refractivity contribution in [2.24, 2.45) is 5.73 Å². The van der Waals surface area contributed by atoms with Crippen LogP contribution in [-0.2, 0) is 13.1 Å². The van der Waals surface area contributed by atoms with Crippen molar-refractivity contribution in [3.8, 4) is 0 Å². The number of anilines is 1. The number of aromatic nitrogens is 1. The minimum Gasteiger partial charge on any atom is -0.369 e. The van der Waals surface area contributed by atoms with E-state index >= 15 is 0 Å². The van der Waals surface area contributed by atoms with Gasteiger partial charge in [0.25, 0.3) is 0 Å². The number of nitrogens with zero attached hydrogens (tertiary/aromatic N) is 2. The second-order valence-electron chi connectivity index (χ2n) is 4.52. The number of hydrogen-bond donors (Lipinski definition) is 1. The van der Waals surface area contributed by atoms with Crippen LogP contribution in [0.5, 0.6) is 0 Å². The van der Waals surface area contributed by atoms with Gasteiger partial charge in [0.15, 0.2) is 0 Å². The number of hydrogen-bond acceptors (Lipinski definition) is 3. The van der Waals surface area contributed by atoms with Gasteiger partial charge in [-0.2, -0.15) is 0 Å². The summed E-state index contributed by atoms with van der Waals surface area (Å²) in [5.74, 6) is 0. The molecule has 0 bridgehead atoms. The fourth-order valence-corrected chi connectivity index (χ4v) is 1.93. The standard InChI is InChI=1S/C15H19N3/c1-12-5-3-8-15(9-12)18(2)11-14-7-4-6-13(10-16)17-14/h3-9H,10-11,16H2,1-2H3. The lowest BCUT2D eigenvalue weighted by Crippen LogP contribution is -2.17. The Morgan fingerprint density at radius 2 is 1.83 bits per heavy atom. The van der Waals surface area contributed by atoms with Crippen molar-refractivity contribution in [1.82, 2.24) is 4.98 Å². The Morgan fingerprint density at radius 1 is 1.11 bits per heavy atom. The predicted molar refractivity (Wildman–Crippen MR) is 75.4 cm³/mol. The molecule has 0 aliphatic carbocycles. The molecule has 3 nitrogen and oxygen atoms in total. The van der Waals surface area contributed by atoms with Crippen LogP contribution in [0, 0.1) is 6.92 Å². The summed E-state index contributed by atoms with van der Waals surface area (Å²) in [5, 5.41) is 0. The van der Waals surface area contributed by atoms with Crippen molar-refractivity contribution in [2.75, 3.05) is 11.9 Å². The zero-order valence-electron chi connectivity index (χ0n) is 10.9. The number of nitrogens with two attached hydrogens (primary N) is 1. The van der Waals surface area contributed by atoms with Gasteiger partial charge in [-0.25, -0.2) is 0 Å². The molecule has 0 atom stereocenters. The molecular formula is C15H19N3. The van der Waals surface area contributed by atoms with Gasteiger partial charge in [0.05, 0.1) is 17.9 Å². The van der Waals surface area contributed by atoms with E-state index in [0.29, 0.717) is 6.54 Å². The smallest absolute Gasteiger partial charge is 0.0600 e. The molecular weight excluding hydrogens is 222 g/mol. The van der Waals surface area contributed by atoms with Crippen molar-refractivity contribution < 1.29 is 0 Å². The monoisotopic (exact) mass is 241 g/mol. The van der Waals surface area contributed by atoms with Gasteiger partial charge in [0.1, 0.15) is 0 Å². The lowest BCUT2D eigenvalue weighted by atomic mass is 10.2. The molecule has 2 N–H and O–H groups in total. The molecule has 2 rings (SSSR count). The summed E-state index contributed by atoms with van der Waals surface area (Å²) in [6, 6.07) is 14.5. The van der Waals surface area contributed by atoms with Crippen LogP contribution in [0.3, 0.4) is 0 Å². The van der Waals surface area contributed by atoms with E-state index in [9.17, 15) is 0 Å². The van der Waals surface area contributed by atoms with Crippen LogP contribution >= 0.6 is 0 Å². The average molecular weight is 241 g/mol. The molecule has 0 amide bonds. The summed E-state index contributed by atoms with van der Waals surface area (Å²) in [7, 11) is 2.07. The largest absolute Gasteiger partial charge is 0.369 e. The van der Waals surface area contributed by atoms with Gasteiger partial charge in [-0.15, -0.1) is 0 Å². The molecule has 0 radical (unpaired) electrons. The Labute approximate surface area is 108 Å². The highest BCUT2D eigenvalue weighted by molar-refractivity contribution is 5.47. The summed E-state index contributed by atoms with van der Waals surface area (Å²) >= 11 is 0. The van der Waals surface area contributed by atoms with Crippen LogP contribution in [0.15, 0.2) is 42.5 Å². The molecule has 1 aromatic carbocycles. The van der Waals surface area contributed by atoms with Crippen LogP contribution < -0.4 is 10.6 Å². The SMILES string of the molecule is Cc1cccc(N(C)Cc2cccc(CN)n2)c1. The van der Waals surface area contributed by atoms with E-state index < -0.39 is 0 Å². The topological polar surface area (TPSA) is 42.1 Å². The van der Waals surface area contributed by atoms with Crippen LogP contribution in [0.25, 0.3) is 0 Å². The van der Waals surface area contributed by atoms with Crippen molar-refractivity contribution in [2.45, 2.75) is 20.0 Å². The second kappa shape index (κ2) is 5.65. The highest BCUT2D eigenvalue weighted by atomic mass is 15.1. The minimum atomic E-state index is 0.488. The van der Waals surface area contributed by atoms with Crippen molar-refractivity contribution in [3.63, 3.8) is 0 Å². The molecule has 0 spiro atoms. The first-order valence-corrected chi connectivity index (χ1v) is 6.12. The molecule has 2 aromatic rings. The van der Waals surface area contributed by atoms with Gasteiger partial charge in [0, 0.05) is 19.3 Å². The van der Waals surface area contributed by atoms with Gasteiger partial charge in [-0.3, -0.25) is 4.98 Å². The summed E-state index contributed by atoms with van der Waals surface area (Å²) in [6.45, 7) is 3.38. The van der Waals surface area contributed by atoms with Crippen LogP contribution in [0.2, 0.25) is 0 Å². The summed E-state index contributed by atoms with van der Waals surface area (Å²) in [4.78, 5) is 6.70. The first-order chi connectivity index (χ1) is 8.69. The molecule has 0 aliphatic heterocycles. The Kier molecular flexibility index (Phi) is 3.95. The van der Waals surface area contributed by atoms with Crippen molar-refractivity contribution in [3.05, 3.63) is 59.4 Å². The lowest BCUT2D eigenvalue weighted by Gasteiger charge is -2.19. The maximum absolute atomic E-state index is 5.60. The summed E-state index contributed by atoms with van der Waals surface area (Å²) < 4.78 is 0. The van der Waals surface area contributed by atoms with Crippen LogP contribution in [-0.4, -0.2) is 12.0 Å². The zero-order chi connectivity index (χ0) is 13.0. The molecule has 18 heavy (non-hydrogen) atoms. The van der Waals surface area contributed by atoms with Crippen LogP contribution in [0.4, 0.5) is 5.69 Å². The average Bonchev–Trinajstić information content (AvgIpc) is 2.39. The maximum Gasteiger partial charge on any atom is 0.0600 e. The summed E-state index contributed by atoms with van der Waals surface area (Å²) in [5.41, 5.74) is 10.1. The fraction of sp³-hybridized carbons (Fsp3) is 0.267. The third-order valence-electron chi connectivity index (χ3n) is 2.92. The third kappa shape index (κ3) is 3.08. The fourth-order valence-electron chi connectivity index (χ4n) is 1.93. The van der Waals surface area contributed by atoms with E-state index in [1.807, 2.05) is 18.2 Å². The molecule has 0 unspecified atom stereocenters. The van der Waals surface area contributed by atoms with E-state index in [0.717, 1.165) is 17.9 Å². The van der Waals surface area contributed by atoms with Crippen molar-refractivity contribution in [1.29, 1.82) is 0 Å². The van der Waals surface area contributed by atoms with Gasteiger partial charge < -0.3 is 10.6 Å². The molecule has 1 aromatic heterocycles. The normalized spacial score (nSPS) is 10.4. The summed E-state index contributed by atoms with van der Waals surface area (Å²) in [6.07, 6.45) is 0. The Balaban J connectivity index is 2.13. The number of benzene rings is 1. The van der Waals surface area contributed by atoms with Gasteiger partial charge >= 0.3 is 0 Å². The van der Waals surface area contributed by atoms with Gasteiger partial charge in [0.2, 0.25) is 0 Å². The quantitative estimate of drug-likeness (QED) is 0.894. The van der Waals surface area contributed by atoms with Gasteiger partial charge in [-0.05, 0) is 36.8 Å². The predicted octanol–water partition coefficient (Wildman–Crippen LogP) is 2.49. The van der Waals surface area contributed by atoms with E-state index in [2.05, 4.69) is 48.1 Å². The number of aryl methyl sites for hydroxylation is 1. The van der Waals surface area contributed by atoms with E-state index in [1.165, 1.54) is 11.3 Å². The Bertz CT molecular complexity index is 523. The van der Waals surface area contributed by atoms with E-state index in [1.54, 1.807) is 0 Å². The van der Waals surface area contributed by atoms with Crippen LogP contribution in [0.1, 0.15) is 17.0 Å².